The van der Waals surface area contributed by atoms with Crippen LogP contribution in [0.2, 0.25) is 0 Å². The van der Waals surface area contributed by atoms with Gasteiger partial charge >= 0.3 is 13.8 Å². The Morgan fingerprint density at radius 1 is 0.422 bits per heavy atom. The number of carbonyl (C=O) groups excluding carboxylic acids is 2. The summed E-state index contributed by atoms with van der Waals surface area (Å²) in [4.78, 5) is 37.9. The Morgan fingerprint density at radius 2 is 0.735 bits per heavy atom. The number of amides is 1. The zero-order valence-electron chi connectivity index (χ0n) is 56.2. The molecule has 0 rings (SSSR count). The molecule has 83 heavy (non-hydrogen) atoms. The molecule has 0 spiro atoms. The van der Waals surface area contributed by atoms with Crippen LogP contribution >= 0.6 is 7.82 Å². The second-order valence-corrected chi connectivity index (χ2v) is 27.6. The summed E-state index contributed by atoms with van der Waals surface area (Å²) in [6, 6.07) is -0.844. The molecule has 0 aliphatic rings. The lowest BCUT2D eigenvalue weighted by atomic mass is 10.0. The molecule has 0 heterocycles. The molecule has 2 N–H and O–H groups in total. The minimum absolute atomic E-state index is 0.0438. The van der Waals surface area contributed by atoms with Crippen molar-refractivity contribution in [1.29, 1.82) is 0 Å². The summed E-state index contributed by atoms with van der Waals surface area (Å²) in [6.07, 6.45) is 78.8. The SMILES string of the molecule is CCCCC/C=C\C/C=C\CCCCCCCCCCCCCCCCCCCC(=O)NC(COP(=O)(O)OCC[N+](C)(C)C)C(/C=C\CCCCCCCCCCC)OC(=O)CCCCCCCCCCCCCCCCCCCCC. The van der Waals surface area contributed by atoms with Crippen molar-refractivity contribution in [3.05, 3.63) is 36.5 Å². The van der Waals surface area contributed by atoms with E-state index >= 15 is 0 Å². The van der Waals surface area contributed by atoms with Gasteiger partial charge in [0.15, 0.2) is 0 Å². The summed E-state index contributed by atoms with van der Waals surface area (Å²) in [7, 11) is 1.52. The van der Waals surface area contributed by atoms with E-state index in [-0.39, 0.29) is 25.1 Å². The van der Waals surface area contributed by atoms with Crippen LogP contribution in [-0.2, 0) is 27.9 Å². The monoisotopic (exact) mass is 1190 g/mol. The average molecular weight is 1190 g/mol. The molecule has 0 aliphatic heterocycles. The smallest absolute Gasteiger partial charge is 0.456 e. The van der Waals surface area contributed by atoms with Gasteiger partial charge in [-0.25, -0.2) is 4.57 Å². The van der Waals surface area contributed by atoms with Crippen molar-refractivity contribution in [3.8, 4) is 0 Å². The van der Waals surface area contributed by atoms with E-state index in [4.69, 9.17) is 13.8 Å². The molecule has 0 aromatic heterocycles. The molecular weight excluding hydrogens is 1050 g/mol. The molecule has 1 amide bonds. The Labute approximate surface area is 516 Å². The van der Waals surface area contributed by atoms with Crippen LogP contribution in [0.25, 0.3) is 0 Å². The third-order valence-electron chi connectivity index (χ3n) is 16.6. The Balaban J connectivity index is 4.93. The van der Waals surface area contributed by atoms with Crippen LogP contribution in [0.3, 0.4) is 0 Å². The normalized spacial score (nSPS) is 13.7. The molecule has 0 radical (unpaired) electrons. The molecule has 3 unspecified atom stereocenters. The number of likely N-dealkylation sites (N-methyl/N-ethyl adjacent to an activating group) is 1. The van der Waals surface area contributed by atoms with Crippen molar-refractivity contribution >= 4 is 19.7 Å². The first kappa shape index (κ1) is 81.2. The number of unbranched alkanes of at least 4 members (excludes halogenated alkanes) is 47. The molecule has 0 aromatic carbocycles. The van der Waals surface area contributed by atoms with Crippen molar-refractivity contribution in [1.82, 2.24) is 5.32 Å². The summed E-state index contributed by atoms with van der Waals surface area (Å²) in [5.74, 6) is -0.483. The average Bonchev–Trinajstić information content (AvgIpc) is 3.51. The number of nitrogens with zero attached hydrogens (tertiary/aromatic N) is 1. The number of carbonyl (C=O) groups is 2. The lowest BCUT2D eigenvalue weighted by molar-refractivity contribution is -0.870. The molecule has 0 saturated carbocycles. The molecule has 0 bridgehead atoms. The van der Waals surface area contributed by atoms with Crippen LogP contribution in [0.1, 0.15) is 367 Å². The summed E-state index contributed by atoms with van der Waals surface area (Å²) in [5, 5.41) is 3.08. The van der Waals surface area contributed by atoms with Gasteiger partial charge in [0.05, 0.1) is 33.8 Å². The van der Waals surface area contributed by atoms with E-state index in [1.807, 2.05) is 33.3 Å². The van der Waals surface area contributed by atoms with E-state index < -0.39 is 20.0 Å². The second-order valence-electron chi connectivity index (χ2n) is 26.1. The Kier molecular flexibility index (Phi) is 61.9. The van der Waals surface area contributed by atoms with Crippen molar-refractivity contribution < 1.29 is 37.3 Å². The van der Waals surface area contributed by atoms with Crippen LogP contribution in [-0.4, -0.2) is 74.3 Å². The zero-order valence-corrected chi connectivity index (χ0v) is 57.1. The molecular formula is C73H142N2O7P+. The maximum atomic E-state index is 13.6. The highest BCUT2D eigenvalue weighted by atomic mass is 31.2. The number of phosphoric ester groups is 1. The van der Waals surface area contributed by atoms with Crippen LogP contribution in [0.4, 0.5) is 0 Å². The summed E-state index contributed by atoms with van der Waals surface area (Å²) in [5.41, 5.74) is 0. The topological polar surface area (TPSA) is 111 Å². The number of allylic oxidation sites excluding steroid dienone is 5. The highest BCUT2D eigenvalue weighted by Crippen LogP contribution is 2.43. The first-order valence-electron chi connectivity index (χ1n) is 36.3. The number of phosphoric acid groups is 1. The standard InChI is InChI=1S/C73H141N2O7P/c1-7-10-13-16-19-22-25-27-29-31-33-34-35-36-37-38-39-40-42-43-45-47-50-53-56-59-62-65-72(76)74-70(69-81-83(78,79)80-68-67-75(4,5)6)71(64-61-58-55-52-49-24-21-18-15-12-9-3)82-73(77)66-63-60-57-54-51-48-46-44-41-32-30-28-26-23-20-17-14-11-8-2/h19,22,27,29,61,64,70-71H,7-18,20-21,23-26,28,30-60,62-63,65-69H2,1-6H3,(H-,74,76,78,79)/p+1/b22-19-,29-27-,64-61-. The predicted molar refractivity (Wildman–Crippen MR) is 360 cm³/mol. The fourth-order valence-electron chi connectivity index (χ4n) is 11.0. The fourth-order valence-corrected chi connectivity index (χ4v) is 11.7. The molecule has 9 nitrogen and oxygen atoms in total. The van der Waals surface area contributed by atoms with E-state index in [2.05, 4.69) is 50.4 Å². The molecule has 0 fully saturated rings. The van der Waals surface area contributed by atoms with Crippen molar-refractivity contribution in [3.63, 3.8) is 0 Å². The lowest BCUT2D eigenvalue weighted by Crippen LogP contribution is -2.47. The Hall–Kier alpha value is -1.77. The minimum atomic E-state index is -4.45. The number of nitrogens with one attached hydrogen (secondary N) is 1. The summed E-state index contributed by atoms with van der Waals surface area (Å²) in [6.45, 7) is 7.05. The van der Waals surface area contributed by atoms with E-state index in [1.54, 1.807) is 0 Å². The van der Waals surface area contributed by atoms with Gasteiger partial charge in [0, 0.05) is 12.8 Å². The van der Waals surface area contributed by atoms with Crippen molar-refractivity contribution in [2.24, 2.45) is 0 Å². The van der Waals surface area contributed by atoms with Gasteiger partial charge in [-0.05, 0) is 63.9 Å². The highest BCUT2D eigenvalue weighted by Gasteiger charge is 2.30. The zero-order chi connectivity index (χ0) is 60.7. The molecule has 0 aromatic rings. The Bertz CT molecular complexity index is 1510. The van der Waals surface area contributed by atoms with Crippen LogP contribution in [0.5, 0.6) is 0 Å². The number of esters is 1. The third kappa shape index (κ3) is 64.5. The van der Waals surface area contributed by atoms with Gasteiger partial charge in [0.1, 0.15) is 19.3 Å². The van der Waals surface area contributed by atoms with Gasteiger partial charge in [0.2, 0.25) is 5.91 Å². The lowest BCUT2D eigenvalue weighted by Gasteiger charge is -2.27. The van der Waals surface area contributed by atoms with E-state index in [1.165, 1.54) is 270 Å². The molecule has 10 heteroatoms. The van der Waals surface area contributed by atoms with E-state index in [9.17, 15) is 19.0 Å². The molecule has 0 saturated heterocycles. The quantitative estimate of drug-likeness (QED) is 0.0205. The number of hydrogen-bond donors (Lipinski definition) is 2. The number of ether oxygens (including phenoxy) is 1. The number of quaternary nitrogens is 1. The minimum Gasteiger partial charge on any atom is -0.456 e. The van der Waals surface area contributed by atoms with Crippen LogP contribution in [0.15, 0.2) is 36.5 Å². The van der Waals surface area contributed by atoms with Crippen molar-refractivity contribution in [2.75, 3.05) is 40.9 Å². The van der Waals surface area contributed by atoms with Gasteiger partial charge in [-0.15, -0.1) is 0 Å². The predicted octanol–water partition coefficient (Wildman–Crippen LogP) is 23.0. The van der Waals surface area contributed by atoms with Crippen LogP contribution < -0.4 is 5.32 Å². The highest BCUT2D eigenvalue weighted by molar-refractivity contribution is 7.47. The molecule has 3 atom stereocenters. The summed E-state index contributed by atoms with van der Waals surface area (Å²) < 4.78 is 30.8. The van der Waals surface area contributed by atoms with Gasteiger partial charge in [0.25, 0.3) is 0 Å². The van der Waals surface area contributed by atoms with Crippen molar-refractivity contribution in [2.45, 2.75) is 380 Å². The van der Waals surface area contributed by atoms with E-state index in [0.717, 1.165) is 64.2 Å². The number of hydrogen-bond acceptors (Lipinski definition) is 6. The molecule has 0 aliphatic carbocycles. The molecule has 490 valence electrons. The fraction of sp³-hybridized carbons (Fsp3) is 0.890. The van der Waals surface area contributed by atoms with Gasteiger partial charge in [-0.3, -0.25) is 18.6 Å². The number of rotatable bonds is 67. The van der Waals surface area contributed by atoms with Gasteiger partial charge in [-0.2, -0.15) is 0 Å². The largest absolute Gasteiger partial charge is 0.472 e. The maximum Gasteiger partial charge on any atom is 0.472 e. The third-order valence-corrected chi connectivity index (χ3v) is 17.6. The second kappa shape index (κ2) is 63.3. The Morgan fingerprint density at radius 3 is 1.11 bits per heavy atom. The first-order chi connectivity index (χ1) is 40.4. The maximum absolute atomic E-state index is 13.6. The first-order valence-corrected chi connectivity index (χ1v) is 37.8. The van der Waals surface area contributed by atoms with Crippen LogP contribution in [0, 0.1) is 0 Å². The summed E-state index contributed by atoms with van der Waals surface area (Å²) >= 11 is 0. The van der Waals surface area contributed by atoms with Gasteiger partial charge < -0.3 is 19.4 Å². The van der Waals surface area contributed by atoms with Gasteiger partial charge in [-0.1, -0.05) is 327 Å². The van der Waals surface area contributed by atoms with E-state index in [0.29, 0.717) is 23.9 Å².